The molecule has 0 saturated heterocycles. The molecule has 1 N–H and O–H groups in total. The quantitative estimate of drug-likeness (QED) is 0.763. The van der Waals surface area contributed by atoms with Gasteiger partial charge in [0.15, 0.2) is 0 Å². The zero-order chi connectivity index (χ0) is 14.6. The van der Waals surface area contributed by atoms with E-state index in [2.05, 4.69) is 27.7 Å². The summed E-state index contributed by atoms with van der Waals surface area (Å²) in [6.07, 6.45) is 4.04. The maximum Gasteiger partial charge on any atom is 0.271 e. The number of allylic oxidation sites excluding steroid dienone is 1. The Kier molecular flexibility index (Phi) is 5.60. The molecule has 1 rings (SSSR count). The molecular formula is C16H28O3. The van der Waals surface area contributed by atoms with E-state index >= 15 is 0 Å². The van der Waals surface area contributed by atoms with Gasteiger partial charge in [-0.05, 0) is 18.8 Å². The predicted molar refractivity (Wildman–Crippen MR) is 76.5 cm³/mol. The standard InChI is InChI=1S/C16H28O3/c1-6-11(5)14-13(10-12(7-2)8-3)15(17)16(18,9-4)19-14/h11-12,18H,6-10H2,1-5H3. The fraction of sp³-hybridized carbons (Fsp3) is 0.812. The lowest BCUT2D eigenvalue weighted by Crippen LogP contribution is -2.36. The second-order valence-corrected chi connectivity index (χ2v) is 5.61. The summed E-state index contributed by atoms with van der Waals surface area (Å²) < 4.78 is 5.65. The number of ketones is 1. The fourth-order valence-corrected chi connectivity index (χ4v) is 2.51. The second kappa shape index (κ2) is 6.56. The molecule has 1 aliphatic heterocycles. The summed E-state index contributed by atoms with van der Waals surface area (Å²) >= 11 is 0. The van der Waals surface area contributed by atoms with Crippen molar-refractivity contribution < 1.29 is 14.6 Å². The number of carbonyl (C=O) groups excluding carboxylic acids is 1. The molecule has 0 bridgehead atoms. The van der Waals surface area contributed by atoms with Gasteiger partial charge in [0.2, 0.25) is 5.78 Å². The molecule has 0 spiro atoms. The van der Waals surface area contributed by atoms with E-state index < -0.39 is 5.79 Å². The molecule has 2 unspecified atom stereocenters. The molecule has 3 nitrogen and oxygen atoms in total. The van der Waals surface area contributed by atoms with Crippen LogP contribution in [0.25, 0.3) is 0 Å². The summed E-state index contributed by atoms with van der Waals surface area (Å²) in [5.41, 5.74) is 0.729. The first-order valence-electron chi connectivity index (χ1n) is 7.62. The fourth-order valence-electron chi connectivity index (χ4n) is 2.51. The summed E-state index contributed by atoms with van der Waals surface area (Å²) in [6.45, 7) is 10.2. The van der Waals surface area contributed by atoms with Crippen molar-refractivity contribution in [1.82, 2.24) is 0 Å². The molecule has 0 fully saturated rings. The van der Waals surface area contributed by atoms with Crippen LogP contribution in [0.4, 0.5) is 0 Å². The normalized spacial score (nSPS) is 25.1. The highest BCUT2D eigenvalue weighted by atomic mass is 16.6. The van der Waals surface area contributed by atoms with E-state index in [-0.39, 0.29) is 11.7 Å². The van der Waals surface area contributed by atoms with Crippen LogP contribution in [0, 0.1) is 11.8 Å². The average molecular weight is 268 g/mol. The highest BCUT2D eigenvalue weighted by Gasteiger charge is 2.47. The summed E-state index contributed by atoms with van der Waals surface area (Å²) in [7, 11) is 0. The first kappa shape index (κ1) is 16.2. The van der Waals surface area contributed by atoms with Crippen LogP contribution < -0.4 is 0 Å². The molecule has 0 aromatic rings. The van der Waals surface area contributed by atoms with Gasteiger partial charge in [0.25, 0.3) is 5.79 Å². The molecule has 0 amide bonds. The van der Waals surface area contributed by atoms with Gasteiger partial charge in [-0.1, -0.05) is 47.5 Å². The number of carbonyl (C=O) groups is 1. The predicted octanol–water partition coefficient (Wildman–Crippen LogP) is 3.81. The molecule has 0 aromatic heterocycles. The molecule has 0 aromatic carbocycles. The summed E-state index contributed by atoms with van der Waals surface area (Å²) in [4.78, 5) is 12.4. The van der Waals surface area contributed by atoms with Crippen LogP contribution in [0.15, 0.2) is 11.3 Å². The molecule has 0 aliphatic carbocycles. The Morgan fingerprint density at radius 3 is 2.16 bits per heavy atom. The summed E-state index contributed by atoms with van der Waals surface area (Å²) in [5.74, 6) is -0.421. The van der Waals surface area contributed by atoms with E-state index in [9.17, 15) is 9.90 Å². The zero-order valence-electron chi connectivity index (χ0n) is 13.0. The lowest BCUT2D eigenvalue weighted by atomic mass is 9.88. The maximum absolute atomic E-state index is 12.4. The van der Waals surface area contributed by atoms with Crippen molar-refractivity contribution in [2.24, 2.45) is 11.8 Å². The number of Topliss-reactive ketones (excluding diaryl/α,β-unsaturated/α-hetero) is 1. The van der Waals surface area contributed by atoms with E-state index in [0.717, 1.165) is 37.0 Å². The molecular weight excluding hydrogens is 240 g/mol. The van der Waals surface area contributed by atoms with Crippen molar-refractivity contribution >= 4 is 5.78 Å². The van der Waals surface area contributed by atoms with Crippen LogP contribution >= 0.6 is 0 Å². The third-order valence-electron chi connectivity index (χ3n) is 4.39. The van der Waals surface area contributed by atoms with E-state index in [1.54, 1.807) is 6.92 Å². The van der Waals surface area contributed by atoms with Crippen LogP contribution in [-0.2, 0) is 9.53 Å². The van der Waals surface area contributed by atoms with Crippen molar-refractivity contribution in [3.05, 3.63) is 11.3 Å². The Bertz CT molecular complexity index is 355. The average Bonchev–Trinajstić information content (AvgIpc) is 2.68. The number of rotatable bonds is 7. The lowest BCUT2D eigenvalue weighted by Gasteiger charge is -2.21. The van der Waals surface area contributed by atoms with Gasteiger partial charge in [-0.3, -0.25) is 4.79 Å². The Labute approximate surface area is 117 Å². The van der Waals surface area contributed by atoms with E-state index in [0.29, 0.717) is 12.3 Å². The van der Waals surface area contributed by atoms with E-state index in [4.69, 9.17) is 4.74 Å². The Hall–Kier alpha value is -0.830. The molecule has 110 valence electrons. The van der Waals surface area contributed by atoms with Crippen molar-refractivity contribution in [2.75, 3.05) is 0 Å². The third kappa shape index (κ3) is 3.19. The van der Waals surface area contributed by atoms with E-state index in [1.807, 2.05) is 0 Å². The van der Waals surface area contributed by atoms with Gasteiger partial charge in [-0.2, -0.15) is 0 Å². The van der Waals surface area contributed by atoms with Crippen molar-refractivity contribution in [3.63, 3.8) is 0 Å². The molecule has 1 aliphatic rings. The Balaban J connectivity index is 3.06. The third-order valence-corrected chi connectivity index (χ3v) is 4.39. The topological polar surface area (TPSA) is 46.5 Å². The monoisotopic (exact) mass is 268 g/mol. The number of hydrogen-bond donors (Lipinski definition) is 1. The first-order chi connectivity index (χ1) is 8.93. The van der Waals surface area contributed by atoms with Gasteiger partial charge in [0.1, 0.15) is 5.76 Å². The molecule has 0 radical (unpaired) electrons. The lowest BCUT2D eigenvalue weighted by molar-refractivity contribution is -0.180. The van der Waals surface area contributed by atoms with Gasteiger partial charge in [-0.15, -0.1) is 0 Å². The zero-order valence-corrected chi connectivity index (χ0v) is 13.0. The Morgan fingerprint density at radius 1 is 1.16 bits per heavy atom. The van der Waals surface area contributed by atoms with E-state index in [1.165, 1.54) is 0 Å². The first-order valence-corrected chi connectivity index (χ1v) is 7.62. The molecule has 0 saturated carbocycles. The van der Waals surface area contributed by atoms with Gasteiger partial charge in [-0.25, -0.2) is 0 Å². The highest BCUT2D eigenvalue weighted by Crippen LogP contribution is 2.39. The SMILES string of the molecule is CCC(CC)CC1=C(C(C)CC)OC(O)(CC)C1=O. The van der Waals surface area contributed by atoms with Gasteiger partial charge >= 0.3 is 0 Å². The molecule has 3 heteroatoms. The van der Waals surface area contributed by atoms with Crippen molar-refractivity contribution in [1.29, 1.82) is 0 Å². The number of ether oxygens (including phenoxy) is 1. The number of hydrogen-bond acceptors (Lipinski definition) is 3. The van der Waals surface area contributed by atoms with Gasteiger partial charge < -0.3 is 9.84 Å². The Morgan fingerprint density at radius 2 is 1.74 bits per heavy atom. The van der Waals surface area contributed by atoms with Crippen molar-refractivity contribution in [3.8, 4) is 0 Å². The van der Waals surface area contributed by atoms with Crippen LogP contribution in [-0.4, -0.2) is 16.7 Å². The van der Waals surface area contributed by atoms with Gasteiger partial charge in [0.05, 0.1) is 0 Å². The van der Waals surface area contributed by atoms with Crippen LogP contribution in [0.2, 0.25) is 0 Å². The minimum absolute atomic E-state index is 0.189. The highest BCUT2D eigenvalue weighted by molar-refractivity contribution is 6.03. The largest absolute Gasteiger partial charge is 0.458 e. The minimum atomic E-state index is -1.61. The van der Waals surface area contributed by atoms with Crippen LogP contribution in [0.3, 0.4) is 0 Å². The molecule has 19 heavy (non-hydrogen) atoms. The maximum atomic E-state index is 12.4. The second-order valence-electron chi connectivity index (χ2n) is 5.61. The minimum Gasteiger partial charge on any atom is -0.458 e. The van der Waals surface area contributed by atoms with Crippen LogP contribution in [0.1, 0.15) is 66.7 Å². The molecule has 2 atom stereocenters. The number of aliphatic hydroxyl groups is 1. The summed E-state index contributed by atoms with van der Waals surface area (Å²) in [5, 5.41) is 10.3. The van der Waals surface area contributed by atoms with Gasteiger partial charge in [0, 0.05) is 17.9 Å². The van der Waals surface area contributed by atoms with Crippen molar-refractivity contribution in [2.45, 2.75) is 72.5 Å². The summed E-state index contributed by atoms with van der Waals surface area (Å²) in [6, 6.07) is 0. The smallest absolute Gasteiger partial charge is 0.271 e. The van der Waals surface area contributed by atoms with Crippen LogP contribution in [0.5, 0.6) is 0 Å². The molecule has 1 heterocycles.